The average Bonchev–Trinajstić information content (AvgIpc) is 2.97. The van der Waals surface area contributed by atoms with Gasteiger partial charge in [0, 0.05) is 11.9 Å². The normalized spacial score (nSPS) is 16.6. The summed E-state index contributed by atoms with van der Waals surface area (Å²) in [4.78, 5) is 14.7. The molecule has 3 nitrogen and oxygen atoms in total. The van der Waals surface area contributed by atoms with Gasteiger partial charge in [0.1, 0.15) is 5.41 Å². The van der Waals surface area contributed by atoms with Crippen LogP contribution in [0.4, 0.5) is 0 Å². The standard InChI is InChI=1S/C11H11BrN2OS/c1-14(6-8-2-3-9(12)16-8)10(15)11(7-13)4-5-11/h2-3H,4-6H2,1H3. The van der Waals surface area contributed by atoms with Gasteiger partial charge in [-0.05, 0) is 40.9 Å². The summed E-state index contributed by atoms with van der Waals surface area (Å²) in [6.45, 7) is 0.582. The van der Waals surface area contributed by atoms with E-state index in [1.54, 1.807) is 23.3 Å². The number of hydrogen-bond donors (Lipinski definition) is 0. The molecule has 1 aliphatic carbocycles. The lowest BCUT2D eigenvalue weighted by Gasteiger charge is -2.18. The van der Waals surface area contributed by atoms with Crippen molar-refractivity contribution in [1.29, 1.82) is 5.26 Å². The average molecular weight is 299 g/mol. The fourth-order valence-corrected chi connectivity index (χ4v) is 3.14. The Labute approximate surface area is 107 Å². The summed E-state index contributed by atoms with van der Waals surface area (Å²) in [7, 11) is 1.76. The number of nitriles is 1. The van der Waals surface area contributed by atoms with E-state index in [9.17, 15) is 4.79 Å². The summed E-state index contributed by atoms with van der Waals surface area (Å²) in [5.74, 6) is -0.0421. The predicted molar refractivity (Wildman–Crippen MR) is 65.8 cm³/mol. The topological polar surface area (TPSA) is 44.1 Å². The van der Waals surface area contributed by atoms with Crippen LogP contribution in [0.15, 0.2) is 15.9 Å². The molecule has 1 heterocycles. The number of thiophene rings is 1. The zero-order valence-corrected chi connectivity index (χ0v) is 11.3. The van der Waals surface area contributed by atoms with Crippen molar-refractivity contribution in [2.75, 3.05) is 7.05 Å². The number of carbonyl (C=O) groups excluding carboxylic acids is 1. The summed E-state index contributed by atoms with van der Waals surface area (Å²) in [6.07, 6.45) is 1.42. The quantitative estimate of drug-likeness (QED) is 0.861. The van der Waals surface area contributed by atoms with Crippen LogP contribution in [0.25, 0.3) is 0 Å². The molecule has 0 atom stereocenters. The van der Waals surface area contributed by atoms with E-state index >= 15 is 0 Å². The van der Waals surface area contributed by atoms with Gasteiger partial charge in [-0.15, -0.1) is 11.3 Å². The maximum atomic E-state index is 12.0. The number of amides is 1. The number of carbonyl (C=O) groups is 1. The molecule has 5 heteroatoms. The number of halogens is 1. The van der Waals surface area contributed by atoms with E-state index in [0.29, 0.717) is 19.4 Å². The Morgan fingerprint density at radius 1 is 1.69 bits per heavy atom. The molecule has 0 aliphatic heterocycles. The third-order valence-electron chi connectivity index (χ3n) is 2.74. The largest absolute Gasteiger partial charge is 0.339 e. The molecule has 1 aromatic heterocycles. The molecule has 84 valence electrons. The Morgan fingerprint density at radius 3 is 2.81 bits per heavy atom. The van der Waals surface area contributed by atoms with E-state index in [1.807, 2.05) is 12.1 Å². The Bertz CT molecular complexity index is 459. The molecule has 1 amide bonds. The van der Waals surface area contributed by atoms with Crippen LogP contribution in [0.5, 0.6) is 0 Å². The van der Waals surface area contributed by atoms with Crippen molar-refractivity contribution in [2.45, 2.75) is 19.4 Å². The molecule has 0 unspecified atom stereocenters. The highest BCUT2D eigenvalue weighted by Crippen LogP contribution is 2.46. The Kier molecular flexibility index (Phi) is 3.04. The second-order valence-corrected chi connectivity index (χ2v) is 6.61. The van der Waals surface area contributed by atoms with E-state index in [0.717, 1.165) is 8.66 Å². The minimum Gasteiger partial charge on any atom is -0.339 e. The predicted octanol–water partition coefficient (Wildman–Crippen LogP) is 2.77. The molecule has 0 aromatic carbocycles. The molecular weight excluding hydrogens is 288 g/mol. The molecular formula is C11H11BrN2OS. The van der Waals surface area contributed by atoms with Gasteiger partial charge in [0.15, 0.2) is 0 Å². The first kappa shape index (κ1) is 11.6. The van der Waals surface area contributed by atoms with Crippen LogP contribution in [0.3, 0.4) is 0 Å². The smallest absolute Gasteiger partial charge is 0.243 e. The van der Waals surface area contributed by atoms with E-state index < -0.39 is 5.41 Å². The highest BCUT2D eigenvalue weighted by atomic mass is 79.9. The Balaban J connectivity index is 2.01. The molecule has 1 aliphatic rings. The first-order chi connectivity index (χ1) is 7.57. The number of rotatable bonds is 3. The van der Waals surface area contributed by atoms with Gasteiger partial charge in [-0.1, -0.05) is 0 Å². The van der Waals surface area contributed by atoms with Crippen LogP contribution in [0, 0.1) is 16.7 Å². The highest BCUT2D eigenvalue weighted by molar-refractivity contribution is 9.11. The fourth-order valence-electron chi connectivity index (χ4n) is 1.61. The third-order valence-corrected chi connectivity index (χ3v) is 4.35. The lowest BCUT2D eigenvalue weighted by Crippen LogP contribution is -2.32. The van der Waals surface area contributed by atoms with Gasteiger partial charge < -0.3 is 4.90 Å². The molecule has 1 aromatic rings. The molecule has 1 saturated carbocycles. The van der Waals surface area contributed by atoms with E-state index in [-0.39, 0.29) is 5.91 Å². The Hall–Kier alpha value is -0.860. The maximum Gasteiger partial charge on any atom is 0.243 e. The zero-order valence-electron chi connectivity index (χ0n) is 8.86. The zero-order chi connectivity index (χ0) is 11.8. The summed E-state index contributed by atoms with van der Waals surface area (Å²) >= 11 is 5.00. The summed E-state index contributed by atoms with van der Waals surface area (Å²) in [6, 6.07) is 6.09. The van der Waals surface area contributed by atoms with Crippen LogP contribution in [-0.4, -0.2) is 17.9 Å². The molecule has 16 heavy (non-hydrogen) atoms. The first-order valence-corrected chi connectivity index (χ1v) is 6.59. The van der Waals surface area contributed by atoms with Crippen molar-refractivity contribution in [3.63, 3.8) is 0 Å². The van der Waals surface area contributed by atoms with Gasteiger partial charge in [0.05, 0.1) is 16.4 Å². The van der Waals surface area contributed by atoms with Crippen molar-refractivity contribution < 1.29 is 4.79 Å². The molecule has 2 rings (SSSR count). The second kappa shape index (κ2) is 4.19. The van der Waals surface area contributed by atoms with Crippen molar-refractivity contribution >= 4 is 33.2 Å². The molecule has 0 N–H and O–H groups in total. The highest BCUT2D eigenvalue weighted by Gasteiger charge is 2.51. The molecule has 0 bridgehead atoms. The van der Waals surface area contributed by atoms with Crippen molar-refractivity contribution in [1.82, 2.24) is 4.90 Å². The molecule has 0 spiro atoms. The van der Waals surface area contributed by atoms with Crippen LogP contribution in [-0.2, 0) is 11.3 Å². The minimum atomic E-state index is -0.705. The first-order valence-electron chi connectivity index (χ1n) is 4.98. The van der Waals surface area contributed by atoms with E-state index in [4.69, 9.17) is 5.26 Å². The van der Waals surface area contributed by atoms with Crippen LogP contribution in [0.1, 0.15) is 17.7 Å². The minimum absolute atomic E-state index is 0.0421. The molecule has 0 saturated heterocycles. The van der Waals surface area contributed by atoms with Gasteiger partial charge in [0.25, 0.3) is 0 Å². The van der Waals surface area contributed by atoms with Crippen LogP contribution < -0.4 is 0 Å². The molecule has 1 fully saturated rings. The van der Waals surface area contributed by atoms with E-state index in [1.165, 1.54) is 0 Å². The van der Waals surface area contributed by atoms with Gasteiger partial charge >= 0.3 is 0 Å². The van der Waals surface area contributed by atoms with Gasteiger partial charge in [-0.25, -0.2) is 0 Å². The third kappa shape index (κ3) is 2.13. The maximum absolute atomic E-state index is 12.0. The fraction of sp³-hybridized carbons (Fsp3) is 0.455. The number of hydrogen-bond acceptors (Lipinski definition) is 3. The van der Waals surface area contributed by atoms with E-state index in [2.05, 4.69) is 22.0 Å². The Morgan fingerprint density at radius 2 is 2.38 bits per heavy atom. The van der Waals surface area contributed by atoms with Gasteiger partial charge in [-0.2, -0.15) is 5.26 Å². The van der Waals surface area contributed by atoms with Crippen LogP contribution >= 0.6 is 27.3 Å². The van der Waals surface area contributed by atoms with Gasteiger partial charge in [-0.3, -0.25) is 4.79 Å². The summed E-state index contributed by atoms with van der Waals surface area (Å²) in [5.41, 5.74) is -0.705. The summed E-state index contributed by atoms with van der Waals surface area (Å²) in [5, 5.41) is 8.94. The van der Waals surface area contributed by atoms with Crippen molar-refractivity contribution in [3.05, 3.63) is 20.8 Å². The number of nitrogens with zero attached hydrogens (tertiary/aromatic N) is 2. The monoisotopic (exact) mass is 298 g/mol. The lowest BCUT2D eigenvalue weighted by molar-refractivity contribution is -0.134. The second-order valence-electron chi connectivity index (χ2n) is 4.06. The lowest BCUT2D eigenvalue weighted by atomic mass is 10.1. The SMILES string of the molecule is CN(Cc1ccc(Br)s1)C(=O)C1(C#N)CC1. The molecule has 0 radical (unpaired) electrons. The van der Waals surface area contributed by atoms with Crippen molar-refractivity contribution in [3.8, 4) is 6.07 Å². The van der Waals surface area contributed by atoms with Crippen LogP contribution in [0.2, 0.25) is 0 Å². The summed E-state index contributed by atoms with van der Waals surface area (Å²) < 4.78 is 1.06. The van der Waals surface area contributed by atoms with Gasteiger partial charge in [0.2, 0.25) is 5.91 Å². The van der Waals surface area contributed by atoms with Crippen molar-refractivity contribution in [2.24, 2.45) is 5.41 Å².